The van der Waals surface area contributed by atoms with Crippen LogP contribution in [-0.4, -0.2) is 32.8 Å². The van der Waals surface area contributed by atoms with Crippen LogP contribution in [0.5, 0.6) is 0 Å². The van der Waals surface area contributed by atoms with Gasteiger partial charge in [0, 0.05) is 7.05 Å². The lowest BCUT2D eigenvalue weighted by Gasteiger charge is -2.22. The predicted octanol–water partition coefficient (Wildman–Crippen LogP) is 2.69. The van der Waals surface area contributed by atoms with E-state index in [1.165, 1.54) is 11.0 Å². The molecule has 0 N–H and O–H groups in total. The number of hydrogen-bond acceptors (Lipinski definition) is 4. The van der Waals surface area contributed by atoms with Crippen molar-refractivity contribution in [3.63, 3.8) is 0 Å². The number of rotatable bonds is 4. The Bertz CT molecular complexity index is 750. The third-order valence-corrected chi connectivity index (χ3v) is 3.55. The zero-order valence-corrected chi connectivity index (χ0v) is 12.4. The highest BCUT2D eigenvalue weighted by Crippen LogP contribution is 2.20. The number of carbonyl (C=O) groups excluding carboxylic acids is 1. The third-order valence-electron chi connectivity index (χ3n) is 3.55. The van der Waals surface area contributed by atoms with Gasteiger partial charge in [-0.3, -0.25) is 4.79 Å². The Morgan fingerprint density at radius 1 is 1.23 bits per heavy atom. The van der Waals surface area contributed by atoms with Gasteiger partial charge < -0.3 is 9.32 Å². The first-order chi connectivity index (χ1) is 10.7. The molecule has 6 heteroatoms. The van der Waals surface area contributed by atoms with Crippen LogP contribution in [0.1, 0.15) is 29.2 Å². The van der Waals surface area contributed by atoms with Crippen molar-refractivity contribution in [2.24, 2.45) is 0 Å². The molecule has 2 aromatic heterocycles. The SMILES string of the molecule is CC(c1ccco1)N(C)C(=O)c1cnn(-c2ccccc2)n1. The molecule has 0 spiro atoms. The maximum atomic E-state index is 12.5. The second-order valence-electron chi connectivity index (χ2n) is 4.96. The fourth-order valence-corrected chi connectivity index (χ4v) is 2.12. The maximum absolute atomic E-state index is 12.5. The summed E-state index contributed by atoms with van der Waals surface area (Å²) in [5.41, 5.74) is 1.10. The Labute approximate surface area is 128 Å². The van der Waals surface area contributed by atoms with Gasteiger partial charge in [-0.15, -0.1) is 5.10 Å². The van der Waals surface area contributed by atoms with Crippen LogP contribution in [-0.2, 0) is 0 Å². The van der Waals surface area contributed by atoms with E-state index in [0.29, 0.717) is 5.69 Å². The van der Waals surface area contributed by atoms with Gasteiger partial charge in [0.05, 0.1) is 24.2 Å². The highest BCUT2D eigenvalue weighted by atomic mass is 16.3. The minimum absolute atomic E-state index is 0.177. The van der Waals surface area contributed by atoms with E-state index in [-0.39, 0.29) is 11.9 Å². The number of aromatic nitrogens is 3. The van der Waals surface area contributed by atoms with E-state index in [9.17, 15) is 4.79 Å². The number of nitrogens with zero attached hydrogens (tertiary/aromatic N) is 4. The summed E-state index contributed by atoms with van der Waals surface area (Å²) >= 11 is 0. The van der Waals surface area contributed by atoms with E-state index in [1.54, 1.807) is 24.3 Å². The fraction of sp³-hybridized carbons (Fsp3) is 0.188. The second kappa shape index (κ2) is 5.85. The van der Waals surface area contributed by atoms with Crippen molar-refractivity contribution < 1.29 is 9.21 Å². The zero-order valence-electron chi connectivity index (χ0n) is 12.4. The van der Waals surface area contributed by atoms with Crippen molar-refractivity contribution in [1.29, 1.82) is 0 Å². The van der Waals surface area contributed by atoms with E-state index in [2.05, 4.69) is 10.2 Å². The average Bonchev–Trinajstić information content (AvgIpc) is 3.25. The lowest BCUT2D eigenvalue weighted by Crippen LogP contribution is -2.29. The smallest absolute Gasteiger partial charge is 0.276 e. The second-order valence-corrected chi connectivity index (χ2v) is 4.96. The molecule has 2 heterocycles. The molecule has 22 heavy (non-hydrogen) atoms. The summed E-state index contributed by atoms with van der Waals surface area (Å²) in [4.78, 5) is 15.5. The van der Waals surface area contributed by atoms with Gasteiger partial charge in [-0.2, -0.15) is 9.90 Å². The van der Waals surface area contributed by atoms with Gasteiger partial charge in [0.25, 0.3) is 5.91 Å². The fourth-order valence-electron chi connectivity index (χ4n) is 2.12. The summed E-state index contributed by atoms with van der Waals surface area (Å²) in [6.07, 6.45) is 3.07. The molecule has 0 aliphatic carbocycles. The van der Waals surface area contributed by atoms with Gasteiger partial charge in [0.2, 0.25) is 0 Å². The molecule has 3 aromatic rings. The number of furan rings is 1. The monoisotopic (exact) mass is 296 g/mol. The Balaban J connectivity index is 1.80. The summed E-state index contributed by atoms with van der Waals surface area (Å²) in [5, 5.41) is 8.40. The first-order valence-electron chi connectivity index (χ1n) is 6.95. The zero-order chi connectivity index (χ0) is 15.5. The Hall–Kier alpha value is -2.89. The largest absolute Gasteiger partial charge is 0.467 e. The van der Waals surface area contributed by atoms with E-state index in [4.69, 9.17) is 4.42 Å². The summed E-state index contributed by atoms with van der Waals surface area (Å²) in [7, 11) is 1.72. The molecule has 1 aromatic carbocycles. The highest BCUT2D eigenvalue weighted by Gasteiger charge is 2.23. The Kier molecular flexibility index (Phi) is 3.74. The normalized spacial score (nSPS) is 12.1. The minimum atomic E-state index is -0.203. The molecule has 0 radical (unpaired) electrons. The van der Waals surface area contributed by atoms with Gasteiger partial charge in [-0.25, -0.2) is 0 Å². The summed E-state index contributed by atoms with van der Waals surface area (Å²) in [6.45, 7) is 1.90. The van der Waals surface area contributed by atoms with Crippen molar-refractivity contribution in [2.45, 2.75) is 13.0 Å². The van der Waals surface area contributed by atoms with Crippen LogP contribution in [0, 0.1) is 0 Å². The minimum Gasteiger partial charge on any atom is -0.467 e. The number of amides is 1. The summed E-state index contributed by atoms with van der Waals surface area (Å²) in [5.74, 6) is 0.525. The molecule has 1 amide bonds. The molecule has 6 nitrogen and oxygen atoms in total. The number of carbonyl (C=O) groups is 1. The van der Waals surface area contributed by atoms with Crippen LogP contribution >= 0.6 is 0 Å². The molecule has 1 atom stereocenters. The van der Waals surface area contributed by atoms with Crippen LogP contribution in [0.25, 0.3) is 5.69 Å². The van der Waals surface area contributed by atoms with Gasteiger partial charge in [-0.1, -0.05) is 18.2 Å². The topological polar surface area (TPSA) is 64.2 Å². The van der Waals surface area contributed by atoms with Crippen LogP contribution in [0.3, 0.4) is 0 Å². The number of benzene rings is 1. The van der Waals surface area contributed by atoms with Gasteiger partial charge in [0.15, 0.2) is 5.69 Å². The van der Waals surface area contributed by atoms with E-state index < -0.39 is 0 Å². The lowest BCUT2D eigenvalue weighted by molar-refractivity contribution is 0.0720. The van der Waals surface area contributed by atoms with Crippen LogP contribution in [0.4, 0.5) is 0 Å². The predicted molar refractivity (Wildman–Crippen MR) is 80.6 cm³/mol. The van der Waals surface area contributed by atoms with Crippen molar-refractivity contribution in [3.05, 3.63) is 66.4 Å². The lowest BCUT2D eigenvalue weighted by atomic mass is 10.2. The maximum Gasteiger partial charge on any atom is 0.276 e. The van der Waals surface area contributed by atoms with E-state index >= 15 is 0 Å². The number of para-hydroxylation sites is 1. The first-order valence-corrected chi connectivity index (χ1v) is 6.95. The summed E-state index contributed by atoms with van der Waals surface area (Å²) in [6, 6.07) is 12.9. The van der Waals surface area contributed by atoms with Crippen LogP contribution in [0.2, 0.25) is 0 Å². The van der Waals surface area contributed by atoms with E-state index in [1.807, 2.05) is 43.3 Å². The highest BCUT2D eigenvalue weighted by molar-refractivity contribution is 5.92. The van der Waals surface area contributed by atoms with Crippen LogP contribution in [0.15, 0.2) is 59.3 Å². The van der Waals surface area contributed by atoms with Gasteiger partial charge in [0.1, 0.15) is 5.76 Å². The molecule has 0 saturated heterocycles. The molecule has 0 fully saturated rings. The third kappa shape index (κ3) is 2.63. The quantitative estimate of drug-likeness (QED) is 0.742. The van der Waals surface area contributed by atoms with Crippen molar-refractivity contribution in [2.75, 3.05) is 7.05 Å². The molecular formula is C16H16N4O2. The molecule has 112 valence electrons. The van der Waals surface area contributed by atoms with Gasteiger partial charge >= 0.3 is 0 Å². The van der Waals surface area contributed by atoms with Crippen molar-refractivity contribution >= 4 is 5.91 Å². The Morgan fingerprint density at radius 2 is 2.00 bits per heavy atom. The molecule has 1 unspecified atom stereocenters. The average molecular weight is 296 g/mol. The van der Waals surface area contributed by atoms with Gasteiger partial charge in [-0.05, 0) is 31.2 Å². The molecule has 3 rings (SSSR count). The summed E-state index contributed by atoms with van der Waals surface area (Å²) < 4.78 is 5.34. The van der Waals surface area contributed by atoms with Crippen LogP contribution < -0.4 is 0 Å². The van der Waals surface area contributed by atoms with E-state index in [0.717, 1.165) is 11.4 Å². The molecule has 0 aliphatic rings. The molecule has 0 aliphatic heterocycles. The number of hydrogen-bond donors (Lipinski definition) is 0. The molecule has 0 bridgehead atoms. The van der Waals surface area contributed by atoms with Crippen molar-refractivity contribution in [1.82, 2.24) is 19.9 Å². The molecule has 0 saturated carbocycles. The van der Waals surface area contributed by atoms with Crippen molar-refractivity contribution in [3.8, 4) is 5.69 Å². The Morgan fingerprint density at radius 3 is 2.68 bits per heavy atom. The standard InChI is InChI=1S/C16H16N4O2/c1-12(15-9-6-10-22-15)19(2)16(21)14-11-17-20(18-14)13-7-4-3-5-8-13/h3-12H,1-2H3. The first kappa shape index (κ1) is 14.1. The molecular weight excluding hydrogens is 280 g/mol.